The minimum Gasteiger partial charge on any atom is -0.496 e. The van der Waals surface area contributed by atoms with E-state index in [4.69, 9.17) is 14.4 Å². The summed E-state index contributed by atoms with van der Waals surface area (Å²) in [5.74, 6) is -1.04. The number of para-hydroxylation sites is 1. The highest BCUT2D eigenvalue weighted by atomic mass is 19.3. The van der Waals surface area contributed by atoms with Crippen molar-refractivity contribution in [2.75, 3.05) is 12.4 Å². The van der Waals surface area contributed by atoms with Crippen LogP contribution in [0.15, 0.2) is 71.5 Å². The zero-order valence-electron chi connectivity index (χ0n) is 24.7. The van der Waals surface area contributed by atoms with E-state index in [9.17, 15) is 13.6 Å². The highest BCUT2D eigenvalue weighted by Gasteiger charge is 2.48. The first kappa shape index (κ1) is 28.3. The zero-order chi connectivity index (χ0) is 31.3. The van der Waals surface area contributed by atoms with Gasteiger partial charge in [-0.15, -0.1) is 0 Å². The quantitative estimate of drug-likeness (QED) is 0.220. The Labute approximate surface area is 255 Å². The molecule has 0 atom stereocenters. The number of carbonyl (C=O) groups is 1. The van der Waals surface area contributed by atoms with Gasteiger partial charge in [-0.3, -0.25) is 9.20 Å². The molecule has 0 aliphatic heterocycles. The third-order valence-corrected chi connectivity index (χ3v) is 7.99. The van der Waals surface area contributed by atoms with Crippen molar-refractivity contribution in [3.05, 3.63) is 95.5 Å². The predicted octanol–water partition coefficient (Wildman–Crippen LogP) is 6.08. The molecule has 0 saturated heterocycles. The Morgan fingerprint density at radius 1 is 1.07 bits per heavy atom. The molecule has 2 aromatic carbocycles. The Morgan fingerprint density at radius 2 is 1.87 bits per heavy atom. The van der Waals surface area contributed by atoms with E-state index >= 15 is 0 Å². The van der Waals surface area contributed by atoms with Crippen LogP contribution in [-0.2, 0) is 6.54 Å². The summed E-state index contributed by atoms with van der Waals surface area (Å²) >= 11 is 0. The lowest BCUT2D eigenvalue weighted by Crippen LogP contribution is -2.33. The van der Waals surface area contributed by atoms with Crippen molar-refractivity contribution in [3.63, 3.8) is 0 Å². The number of methoxy groups -OCH3 is 1. The number of anilines is 1. The lowest BCUT2D eigenvalue weighted by molar-refractivity contribution is -0.0925. The standard InChI is InChI=1S/C32H28F2N8O3/c1-18-8-9-20(29-38-31(45-40-29)23-13-32(33,34)14-23)12-24(18)37-30(43)25-15-35-27-11-10-22(16-41(25)27)28-36-19(2)42(39-28)17-21-6-4-5-7-26(21)44-3/h4-12,15-16,23H,13-14,17H2,1-3H3,(H,37,43). The van der Waals surface area contributed by atoms with Gasteiger partial charge in [0.2, 0.25) is 17.6 Å². The number of aromatic nitrogens is 7. The van der Waals surface area contributed by atoms with Crippen LogP contribution in [0.2, 0.25) is 0 Å². The minimum absolute atomic E-state index is 0.193. The number of alkyl halides is 2. The van der Waals surface area contributed by atoms with Crippen LogP contribution in [-0.4, -0.2) is 53.2 Å². The molecular weight excluding hydrogens is 582 g/mol. The number of fused-ring (bicyclic) bond motifs is 1. The fourth-order valence-corrected chi connectivity index (χ4v) is 5.40. The van der Waals surface area contributed by atoms with Gasteiger partial charge in [-0.25, -0.2) is 23.4 Å². The van der Waals surface area contributed by atoms with E-state index in [2.05, 4.69) is 25.4 Å². The number of imidazole rings is 1. The van der Waals surface area contributed by atoms with E-state index in [0.717, 1.165) is 22.7 Å². The maximum atomic E-state index is 13.5. The first-order valence-electron chi connectivity index (χ1n) is 14.3. The van der Waals surface area contributed by atoms with Gasteiger partial charge < -0.3 is 14.6 Å². The number of carbonyl (C=O) groups excluding carboxylic acids is 1. The Bertz CT molecular complexity index is 2060. The molecule has 11 nitrogen and oxygen atoms in total. The molecule has 1 saturated carbocycles. The maximum Gasteiger partial charge on any atom is 0.274 e. The number of amides is 1. The number of aryl methyl sites for hydroxylation is 2. The fourth-order valence-electron chi connectivity index (χ4n) is 5.40. The molecule has 7 rings (SSSR count). The van der Waals surface area contributed by atoms with Gasteiger partial charge in [0.05, 0.1) is 19.9 Å². The molecule has 13 heteroatoms. The topological polar surface area (TPSA) is 125 Å². The van der Waals surface area contributed by atoms with Gasteiger partial charge in [0, 0.05) is 47.3 Å². The minimum atomic E-state index is -2.69. The molecule has 1 amide bonds. The maximum absolute atomic E-state index is 13.5. The molecule has 4 heterocycles. The number of hydrogen-bond acceptors (Lipinski definition) is 8. The zero-order valence-corrected chi connectivity index (χ0v) is 24.7. The van der Waals surface area contributed by atoms with Gasteiger partial charge in [0.25, 0.3) is 5.91 Å². The van der Waals surface area contributed by atoms with Crippen molar-refractivity contribution in [2.24, 2.45) is 0 Å². The summed E-state index contributed by atoms with van der Waals surface area (Å²) in [5, 5.41) is 11.7. The van der Waals surface area contributed by atoms with Gasteiger partial charge >= 0.3 is 0 Å². The summed E-state index contributed by atoms with van der Waals surface area (Å²) in [7, 11) is 1.64. The Kier molecular flexibility index (Phi) is 6.87. The van der Waals surface area contributed by atoms with Crippen LogP contribution >= 0.6 is 0 Å². The van der Waals surface area contributed by atoms with Crippen LogP contribution < -0.4 is 10.1 Å². The molecule has 1 aliphatic rings. The van der Waals surface area contributed by atoms with Gasteiger partial charge in [-0.1, -0.05) is 35.5 Å². The van der Waals surface area contributed by atoms with E-state index in [1.807, 2.05) is 54.9 Å². The highest BCUT2D eigenvalue weighted by molar-refractivity contribution is 6.04. The van der Waals surface area contributed by atoms with Crippen LogP contribution in [0, 0.1) is 13.8 Å². The second kappa shape index (κ2) is 10.9. The second-order valence-electron chi connectivity index (χ2n) is 11.1. The van der Waals surface area contributed by atoms with Crippen molar-refractivity contribution < 1.29 is 22.8 Å². The summed E-state index contributed by atoms with van der Waals surface area (Å²) in [6, 6.07) is 16.8. The summed E-state index contributed by atoms with van der Waals surface area (Å²) in [6.07, 6.45) is 2.69. The van der Waals surface area contributed by atoms with Gasteiger partial charge in [-0.05, 0) is 43.7 Å². The molecular formula is C32H28F2N8O3. The van der Waals surface area contributed by atoms with Crippen molar-refractivity contribution in [2.45, 2.75) is 45.1 Å². The summed E-state index contributed by atoms with van der Waals surface area (Å²) in [4.78, 5) is 26.9. The summed E-state index contributed by atoms with van der Waals surface area (Å²) in [5.41, 5.74) is 4.52. The van der Waals surface area contributed by atoms with Crippen molar-refractivity contribution in [1.29, 1.82) is 0 Å². The van der Waals surface area contributed by atoms with Crippen LogP contribution in [0.4, 0.5) is 14.5 Å². The van der Waals surface area contributed by atoms with Crippen molar-refractivity contribution >= 4 is 17.2 Å². The lowest BCUT2D eigenvalue weighted by Gasteiger charge is -2.31. The molecule has 1 aliphatic carbocycles. The monoisotopic (exact) mass is 610 g/mol. The number of benzene rings is 2. The van der Waals surface area contributed by atoms with E-state index in [1.165, 1.54) is 6.20 Å². The average molecular weight is 611 g/mol. The first-order chi connectivity index (χ1) is 21.7. The molecule has 228 valence electrons. The van der Waals surface area contributed by atoms with Crippen molar-refractivity contribution in [3.8, 4) is 28.5 Å². The average Bonchev–Trinajstić information content (AvgIpc) is 3.76. The number of nitrogens with zero attached hydrogens (tertiary/aromatic N) is 7. The van der Waals surface area contributed by atoms with Crippen LogP contribution in [0.3, 0.4) is 0 Å². The summed E-state index contributed by atoms with van der Waals surface area (Å²) in [6.45, 7) is 4.24. The van der Waals surface area contributed by atoms with Crippen LogP contribution in [0.1, 0.15) is 52.1 Å². The summed E-state index contributed by atoms with van der Waals surface area (Å²) < 4.78 is 40.9. The molecule has 0 unspecified atom stereocenters. The molecule has 45 heavy (non-hydrogen) atoms. The number of pyridine rings is 1. The smallest absolute Gasteiger partial charge is 0.274 e. The largest absolute Gasteiger partial charge is 0.496 e. The van der Waals surface area contributed by atoms with Crippen molar-refractivity contribution in [1.82, 2.24) is 34.3 Å². The first-order valence-corrected chi connectivity index (χ1v) is 14.3. The van der Waals surface area contributed by atoms with E-state index < -0.39 is 11.8 Å². The van der Waals surface area contributed by atoms with Gasteiger partial charge in [0.1, 0.15) is 22.9 Å². The van der Waals surface area contributed by atoms with E-state index in [-0.39, 0.29) is 30.5 Å². The van der Waals surface area contributed by atoms with Gasteiger partial charge in [0.15, 0.2) is 5.82 Å². The fraction of sp³-hybridized carbons (Fsp3) is 0.250. The van der Waals surface area contributed by atoms with Crippen LogP contribution in [0.5, 0.6) is 5.75 Å². The predicted molar refractivity (Wildman–Crippen MR) is 160 cm³/mol. The molecule has 6 aromatic rings. The number of halogens is 2. The van der Waals surface area contributed by atoms with Crippen LogP contribution in [0.25, 0.3) is 28.4 Å². The molecule has 0 radical (unpaired) electrons. The van der Waals surface area contributed by atoms with E-state index in [0.29, 0.717) is 40.5 Å². The Morgan fingerprint density at radius 3 is 2.67 bits per heavy atom. The SMILES string of the molecule is COc1ccccc1Cn1nc(-c2ccc3ncc(C(=O)Nc4cc(-c5noc(C6CC(F)(F)C6)n5)ccc4C)n3c2)nc1C. The van der Waals surface area contributed by atoms with E-state index in [1.54, 1.807) is 35.9 Å². The molecule has 0 spiro atoms. The normalized spacial score (nSPS) is 14.4. The lowest BCUT2D eigenvalue weighted by atomic mass is 9.81. The third-order valence-electron chi connectivity index (χ3n) is 7.99. The molecule has 1 N–H and O–H groups in total. The molecule has 4 aromatic heterocycles. The number of rotatable bonds is 8. The highest BCUT2D eigenvalue weighted by Crippen LogP contribution is 2.48. The van der Waals surface area contributed by atoms with Gasteiger partial charge in [-0.2, -0.15) is 10.1 Å². The Hall–Kier alpha value is -5.46. The number of hydrogen-bond donors (Lipinski definition) is 1. The number of nitrogens with one attached hydrogen (secondary N) is 1. The molecule has 1 fully saturated rings. The second-order valence-corrected chi connectivity index (χ2v) is 11.1. The molecule has 0 bridgehead atoms. The third kappa shape index (κ3) is 5.41. The Balaban J connectivity index is 1.12. The number of ether oxygens (including phenoxy) is 1.